The van der Waals surface area contributed by atoms with Gasteiger partial charge < -0.3 is 15.0 Å². The topological polar surface area (TPSA) is 58.6 Å². The van der Waals surface area contributed by atoms with Crippen molar-refractivity contribution in [2.75, 3.05) is 6.61 Å². The number of carbonyl (C=O) groups is 2. The lowest BCUT2D eigenvalue weighted by atomic mass is 9.87. The fourth-order valence-corrected chi connectivity index (χ4v) is 4.18. The molecule has 1 atom stereocenters. The van der Waals surface area contributed by atoms with Crippen LogP contribution in [0, 0.1) is 6.92 Å². The van der Waals surface area contributed by atoms with Crippen molar-refractivity contribution < 1.29 is 14.3 Å². The molecular formula is C32H40N2O3. The summed E-state index contributed by atoms with van der Waals surface area (Å²) >= 11 is 0. The number of hydrogen-bond donors (Lipinski definition) is 1. The van der Waals surface area contributed by atoms with Gasteiger partial charge in [-0.15, -0.1) is 0 Å². The molecule has 1 unspecified atom stereocenters. The van der Waals surface area contributed by atoms with Gasteiger partial charge in [0.2, 0.25) is 5.91 Å². The molecule has 0 saturated heterocycles. The molecule has 0 radical (unpaired) electrons. The maximum Gasteiger partial charge on any atom is 0.261 e. The Morgan fingerprint density at radius 1 is 0.892 bits per heavy atom. The minimum Gasteiger partial charge on any atom is -0.484 e. The standard InChI is InChI=1S/C32H40N2O3/c1-23(2)33-31(36)29(20-25-13-8-7-9-14-25)34(21-26-15-11-10-12-24(26)3)30(35)22-37-28-18-16-27(17-19-28)32(4,5)6/h7-19,23,29H,20-22H2,1-6H3,(H,33,36). The van der Waals surface area contributed by atoms with Gasteiger partial charge in [-0.05, 0) is 60.6 Å². The average molecular weight is 501 g/mol. The minimum absolute atomic E-state index is 0.0348. The monoisotopic (exact) mass is 500 g/mol. The molecular weight excluding hydrogens is 460 g/mol. The first kappa shape index (κ1) is 28.0. The Bertz CT molecular complexity index is 1160. The van der Waals surface area contributed by atoms with Crippen LogP contribution in [-0.4, -0.2) is 35.4 Å². The lowest BCUT2D eigenvalue weighted by molar-refractivity contribution is -0.143. The largest absolute Gasteiger partial charge is 0.484 e. The third kappa shape index (κ3) is 8.21. The number of aryl methyl sites for hydroxylation is 1. The number of benzene rings is 3. The van der Waals surface area contributed by atoms with E-state index in [1.54, 1.807) is 4.90 Å². The SMILES string of the molecule is Cc1ccccc1CN(C(=O)COc1ccc(C(C)(C)C)cc1)C(Cc1ccccc1)C(=O)NC(C)C. The summed E-state index contributed by atoms with van der Waals surface area (Å²) < 4.78 is 5.92. The second-order valence-corrected chi connectivity index (χ2v) is 10.9. The molecule has 1 N–H and O–H groups in total. The highest BCUT2D eigenvalue weighted by molar-refractivity contribution is 5.88. The van der Waals surface area contributed by atoms with Gasteiger partial charge in [0.05, 0.1) is 0 Å². The number of ether oxygens (including phenoxy) is 1. The van der Waals surface area contributed by atoms with Crippen LogP contribution in [-0.2, 0) is 28.0 Å². The maximum absolute atomic E-state index is 13.7. The summed E-state index contributed by atoms with van der Waals surface area (Å²) in [5.41, 5.74) is 4.29. The quantitative estimate of drug-likeness (QED) is 0.381. The number of rotatable bonds is 10. The summed E-state index contributed by atoms with van der Waals surface area (Å²) in [7, 11) is 0. The van der Waals surface area contributed by atoms with E-state index in [9.17, 15) is 9.59 Å². The highest BCUT2D eigenvalue weighted by Crippen LogP contribution is 2.24. The van der Waals surface area contributed by atoms with Crippen molar-refractivity contribution in [1.29, 1.82) is 0 Å². The first-order valence-electron chi connectivity index (χ1n) is 13.0. The third-order valence-corrected chi connectivity index (χ3v) is 6.39. The highest BCUT2D eigenvalue weighted by atomic mass is 16.5. The number of amides is 2. The van der Waals surface area contributed by atoms with Crippen LogP contribution in [0.1, 0.15) is 56.9 Å². The molecule has 3 rings (SSSR count). The molecule has 0 aliphatic carbocycles. The zero-order chi connectivity index (χ0) is 27.0. The van der Waals surface area contributed by atoms with Gasteiger partial charge in [-0.3, -0.25) is 9.59 Å². The van der Waals surface area contributed by atoms with Crippen molar-refractivity contribution in [2.24, 2.45) is 0 Å². The zero-order valence-corrected chi connectivity index (χ0v) is 23.0. The zero-order valence-electron chi connectivity index (χ0n) is 23.0. The molecule has 0 heterocycles. The summed E-state index contributed by atoms with van der Waals surface area (Å²) in [6.45, 7) is 12.5. The predicted molar refractivity (Wildman–Crippen MR) is 150 cm³/mol. The van der Waals surface area contributed by atoms with E-state index in [1.165, 1.54) is 5.56 Å². The molecule has 0 bridgehead atoms. The first-order valence-corrected chi connectivity index (χ1v) is 13.0. The van der Waals surface area contributed by atoms with Gasteiger partial charge in [-0.2, -0.15) is 0 Å². The molecule has 2 amide bonds. The van der Waals surface area contributed by atoms with Crippen LogP contribution < -0.4 is 10.1 Å². The second kappa shape index (κ2) is 12.6. The lowest BCUT2D eigenvalue weighted by Gasteiger charge is -2.32. The summed E-state index contributed by atoms with van der Waals surface area (Å²) in [5.74, 6) is 0.224. The van der Waals surface area contributed by atoms with Crippen molar-refractivity contribution in [3.05, 3.63) is 101 Å². The Hall–Kier alpha value is -3.60. The summed E-state index contributed by atoms with van der Waals surface area (Å²) in [5, 5.41) is 3.02. The van der Waals surface area contributed by atoms with Crippen LogP contribution >= 0.6 is 0 Å². The van der Waals surface area contributed by atoms with Crippen LogP contribution in [0.3, 0.4) is 0 Å². The minimum atomic E-state index is -0.677. The van der Waals surface area contributed by atoms with Crippen molar-refractivity contribution in [2.45, 2.75) is 72.0 Å². The van der Waals surface area contributed by atoms with E-state index in [1.807, 2.05) is 99.6 Å². The average Bonchev–Trinajstić information content (AvgIpc) is 2.85. The van der Waals surface area contributed by atoms with Crippen LogP contribution in [0.15, 0.2) is 78.9 Å². The molecule has 0 spiro atoms. The van der Waals surface area contributed by atoms with Gasteiger partial charge in [0.15, 0.2) is 6.61 Å². The van der Waals surface area contributed by atoms with Gasteiger partial charge in [0.25, 0.3) is 5.91 Å². The van der Waals surface area contributed by atoms with Gasteiger partial charge >= 0.3 is 0 Å². The van der Waals surface area contributed by atoms with E-state index in [4.69, 9.17) is 4.74 Å². The van der Waals surface area contributed by atoms with E-state index in [-0.39, 0.29) is 29.9 Å². The van der Waals surface area contributed by atoms with E-state index in [0.717, 1.165) is 16.7 Å². The molecule has 0 aliphatic heterocycles. The lowest BCUT2D eigenvalue weighted by Crippen LogP contribution is -2.52. The molecule has 37 heavy (non-hydrogen) atoms. The second-order valence-electron chi connectivity index (χ2n) is 10.9. The molecule has 5 heteroatoms. The number of nitrogens with one attached hydrogen (secondary N) is 1. The van der Waals surface area contributed by atoms with Crippen LogP contribution in [0.4, 0.5) is 0 Å². The highest BCUT2D eigenvalue weighted by Gasteiger charge is 2.31. The summed E-state index contributed by atoms with van der Waals surface area (Å²) in [4.78, 5) is 28.8. The Kier molecular flexibility index (Phi) is 9.51. The van der Waals surface area contributed by atoms with Crippen molar-refractivity contribution in [3.63, 3.8) is 0 Å². The molecule has 0 aliphatic rings. The van der Waals surface area contributed by atoms with Crippen LogP contribution in [0.2, 0.25) is 0 Å². The Morgan fingerprint density at radius 3 is 2.11 bits per heavy atom. The summed E-state index contributed by atoms with van der Waals surface area (Å²) in [6, 6.07) is 24.9. The molecule has 3 aromatic carbocycles. The Morgan fingerprint density at radius 2 is 1.51 bits per heavy atom. The predicted octanol–water partition coefficient (Wildman–Crippen LogP) is 5.84. The van der Waals surface area contributed by atoms with Gasteiger partial charge in [-0.1, -0.05) is 87.5 Å². The normalized spacial score (nSPS) is 12.2. The number of hydrogen-bond acceptors (Lipinski definition) is 3. The van der Waals surface area contributed by atoms with Gasteiger partial charge in [0.1, 0.15) is 11.8 Å². The van der Waals surface area contributed by atoms with Crippen LogP contribution in [0.5, 0.6) is 5.75 Å². The van der Waals surface area contributed by atoms with E-state index >= 15 is 0 Å². The van der Waals surface area contributed by atoms with Crippen molar-refractivity contribution in [3.8, 4) is 5.75 Å². The van der Waals surface area contributed by atoms with Crippen molar-refractivity contribution >= 4 is 11.8 Å². The van der Waals surface area contributed by atoms with E-state index in [2.05, 4.69) is 26.1 Å². The van der Waals surface area contributed by atoms with E-state index in [0.29, 0.717) is 18.7 Å². The fraction of sp³-hybridized carbons (Fsp3) is 0.375. The number of nitrogens with zero attached hydrogens (tertiary/aromatic N) is 1. The molecule has 0 saturated carbocycles. The van der Waals surface area contributed by atoms with E-state index < -0.39 is 6.04 Å². The summed E-state index contributed by atoms with van der Waals surface area (Å²) in [6.07, 6.45) is 0.414. The molecule has 0 aromatic heterocycles. The first-order chi connectivity index (χ1) is 17.5. The van der Waals surface area contributed by atoms with Crippen LogP contribution in [0.25, 0.3) is 0 Å². The Labute approximate surface area is 221 Å². The van der Waals surface area contributed by atoms with Gasteiger partial charge in [-0.25, -0.2) is 0 Å². The maximum atomic E-state index is 13.7. The Balaban J connectivity index is 1.89. The molecule has 196 valence electrons. The van der Waals surface area contributed by atoms with Crippen molar-refractivity contribution in [1.82, 2.24) is 10.2 Å². The molecule has 5 nitrogen and oxygen atoms in total. The fourth-order valence-electron chi connectivity index (χ4n) is 4.18. The molecule has 3 aromatic rings. The molecule has 0 fully saturated rings. The smallest absolute Gasteiger partial charge is 0.261 e. The number of carbonyl (C=O) groups excluding carboxylic acids is 2. The third-order valence-electron chi connectivity index (χ3n) is 6.39. The van der Waals surface area contributed by atoms with Gasteiger partial charge in [0, 0.05) is 19.0 Å².